The first kappa shape index (κ1) is 9.12. The van der Waals surface area contributed by atoms with Gasteiger partial charge in [-0.05, 0) is 19.2 Å². The number of hydrogen-bond acceptors (Lipinski definition) is 4. The summed E-state index contributed by atoms with van der Waals surface area (Å²) in [5.74, 6) is 0.729. The van der Waals surface area contributed by atoms with E-state index in [-0.39, 0.29) is 11.6 Å². The van der Waals surface area contributed by atoms with Gasteiger partial charge in [0.25, 0.3) is 0 Å². The van der Waals surface area contributed by atoms with Gasteiger partial charge in [-0.2, -0.15) is 0 Å². The van der Waals surface area contributed by atoms with E-state index in [9.17, 15) is 0 Å². The Labute approximate surface area is 88.8 Å². The molecule has 1 aromatic rings. The Morgan fingerprint density at radius 1 is 1.47 bits per heavy atom. The lowest BCUT2D eigenvalue weighted by molar-refractivity contribution is 0.0337. The monoisotopic (exact) mass is 205 g/mol. The molecule has 2 aliphatic heterocycles. The summed E-state index contributed by atoms with van der Waals surface area (Å²) < 4.78 is 5.97. The molecule has 0 saturated carbocycles. The molecule has 1 saturated heterocycles. The molecule has 80 valence electrons. The van der Waals surface area contributed by atoms with E-state index in [0.29, 0.717) is 0 Å². The quantitative estimate of drug-likeness (QED) is 0.651. The largest absolute Gasteiger partial charge is 0.469 e. The molecule has 3 heterocycles. The first-order valence-electron chi connectivity index (χ1n) is 5.42. The summed E-state index contributed by atoms with van der Waals surface area (Å²) in [4.78, 5) is 4.24. The van der Waals surface area contributed by atoms with Gasteiger partial charge in [-0.1, -0.05) is 6.07 Å². The molecule has 1 spiro atoms. The molecule has 2 aliphatic rings. The number of ether oxygens (including phenoxy) is 1. The lowest BCUT2D eigenvalue weighted by Gasteiger charge is -2.36. The number of piperidine rings is 1. The van der Waals surface area contributed by atoms with Crippen LogP contribution in [0.2, 0.25) is 0 Å². The minimum Gasteiger partial charge on any atom is -0.469 e. The predicted octanol–water partition coefficient (Wildman–Crippen LogP) is 0.596. The van der Waals surface area contributed by atoms with Crippen LogP contribution in [0.5, 0.6) is 5.88 Å². The number of fused-ring (bicyclic) bond motifs is 1. The fraction of sp³-hybridized carbons (Fsp3) is 0.545. The van der Waals surface area contributed by atoms with Crippen LogP contribution in [0.15, 0.2) is 18.3 Å². The maximum absolute atomic E-state index is 6.26. The summed E-state index contributed by atoms with van der Waals surface area (Å²) in [6.45, 7) is 1.95. The van der Waals surface area contributed by atoms with Crippen LogP contribution in [0.1, 0.15) is 24.4 Å². The average Bonchev–Trinajstić information content (AvgIpc) is 2.54. The van der Waals surface area contributed by atoms with E-state index in [1.807, 2.05) is 12.1 Å². The highest BCUT2D eigenvalue weighted by Gasteiger charge is 2.47. The minimum atomic E-state index is -0.206. The number of hydrogen-bond donors (Lipinski definition) is 2. The van der Waals surface area contributed by atoms with Gasteiger partial charge in [0.1, 0.15) is 5.60 Å². The van der Waals surface area contributed by atoms with Gasteiger partial charge in [-0.3, -0.25) is 0 Å². The summed E-state index contributed by atoms with van der Waals surface area (Å²) in [7, 11) is 0. The Balaban J connectivity index is 1.98. The second-order valence-corrected chi connectivity index (χ2v) is 4.29. The normalized spacial score (nSPS) is 27.4. The zero-order chi connectivity index (χ0) is 10.3. The smallest absolute Gasteiger partial charge is 0.218 e. The molecule has 15 heavy (non-hydrogen) atoms. The number of nitrogens with one attached hydrogen (secondary N) is 1. The molecular weight excluding hydrogens is 190 g/mol. The van der Waals surface area contributed by atoms with Crippen LogP contribution >= 0.6 is 0 Å². The van der Waals surface area contributed by atoms with Crippen molar-refractivity contribution in [3.8, 4) is 5.88 Å². The predicted molar refractivity (Wildman–Crippen MR) is 56.6 cm³/mol. The molecule has 3 rings (SSSR count). The Morgan fingerprint density at radius 3 is 3.00 bits per heavy atom. The maximum atomic E-state index is 6.26. The van der Waals surface area contributed by atoms with Crippen molar-refractivity contribution in [3.63, 3.8) is 0 Å². The van der Waals surface area contributed by atoms with E-state index in [2.05, 4.69) is 10.3 Å². The molecule has 1 atom stereocenters. The molecule has 1 aromatic heterocycles. The number of rotatable bonds is 0. The first-order valence-corrected chi connectivity index (χ1v) is 5.42. The van der Waals surface area contributed by atoms with E-state index in [0.717, 1.165) is 37.4 Å². The zero-order valence-corrected chi connectivity index (χ0v) is 8.57. The van der Waals surface area contributed by atoms with E-state index in [1.54, 1.807) is 6.20 Å². The van der Waals surface area contributed by atoms with Gasteiger partial charge in [0.2, 0.25) is 5.88 Å². The highest BCUT2D eigenvalue weighted by Crippen LogP contribution is 2.44. The second-order valence-electron chi connectivity index (χ2n) is 4.29. The third-order valence-electron chi connectivity index (χ3n) is 3.45. The van der Waals surface area contributed by atoms with Crippen LogP contribution < -0.4 is 15.8 Å². The van der Waals surface area contributed by atoms with Gasteiger partial charge in [-0.15, -0.1) is 0 Å². The van der Waals surface area contributed by atoms with Crippen molar-refractivity contribution in [1.82, 2.24) is 10.3 Å². The van der Waals surface area contributed by atoms with Crippen molar-refractivity contribution in [1.29, 1.82) is 0 Å². The van der Waals surface area contributed by atoms with Crippen molar-refractivity contribution in [3.05, 3.63) is 23.9 Å². The van der Waals surface area contributed by atoms with Crippen molar-refractivity contribution in [2.75, 3.05) is 13.1 Å². The maximum Gasteiger partial charge on any atom is 0.218 e. The summed E-state index contributed by atoms with van der Waals surface area (Å²) >= 11 is 0. The Bertz CT molecular complexity index is 374. The average molecular weight is 205 g/mol. The van der Waals surface area contributed by atoms with E-state index in [4.69, 9.17) is 10.5 Å². The van der Waals surface area contributed by atoms with Gasteiger partial charge in [0.15, 0.2) is 0 Å². The third-order valence-corrected chi connectivity index (χ3v) is 3.45. The summed E-state index contributed by atoms with van der Waals surface area (Å²) in [6, 6.07) is 3.91. The topological polar surface area (TPSA) is 60.2 Å². The van der Waals surface area contributed by atoms with Crippen molar-refractivity contribution < 1.29 is 4.74 Å². The summed E-state index contributed by atoms with van der Waals surface area (Å²) in [5.41, 5.74) is 7.11. The molecule has 0 aromatic carbocycles. The van der Waals surface area contributed by atoms with Crippen molar-refractivity contribution >= 4 is 0 Å². The number of pyridine rings is 1. The van der Waals surface area contributed by atoms with Crippen LogP contribution in [0.25, 0.3) is 0 Å². The molecule has 0 bridgehead atoms. The molecule has 0 radical (unpaired) electrons. The van der Waals surface area contributed by atoms with Gasteiger partial charge in [-0.25, -0.2) is 4.98 Å². The number of nitrogens with two attached hydrogens (primary N) is 1. The number of nitrogens with zero attached hydrogens (tertiary/aromatic N) is 1. The third kappa shape index (κ3) is 1.25. The molecule has 4 heteroatoms. The van der Waals surface area contributed by atoms with Crippen LogP contribution in [-0.4, -0.2) is 23.7 Å². The highest BCUT2D eigenvalue weighted by molar-refractivity contribution is 5.37. The molecule has 3 N–H and O–H groups in total. The summed E-state index contributed by atoms with van der Waals surface area (Å²) in [6.07, 6.45) is 3.68. The van der Waals surface area contributed by atoms with Gasteiger partial charge >= 0.3 is 0 Å². The molecule has 0 unspecified atom stereocenters. The second kappa shape index (κ2) is 3.18. The molecular formula is C11H15N3O. The fourth-order valence-electron chi connectivity index (χ4n) is 2.53. The van der Waals surface area contributed by atoms with E-state index < -0.39 is 0 Å². The van der Waals surface area contributed by atoms with E-state index >= 15 is 0 Å². The lowest BCUT2D eigenvalue weighted by Crippen LogP contribution is -2.50. The Hall–Kier alpha value is -1.13. The van der Waals surface area contributed by atoms with Crippen LogP contribution in [0.4, 0.5) is 0 Å². The Morgan fingerprint density at radius 2 is 2.27 bits per heavy atom. The molecule has 1 fully saturated rings. The van der Waals surface area contributed by atoms with Crippen LogP contribution in [0.3, 0.4) is 0 Å². The van der Waals surface area contributed by atoms with Crippen LogP contribution in [0, 0.1) is 0 Å². The lowest BCUT2D eigenvalue weighted by atomic mass is 9.84. The van der Waals surface area contributed by atoms with Gasteiger partial charge < -0.3 is 15.8 Å². The minimum absolute atomic E-state index is 0.0247. The fourth-order valence-corrected chi connectivity index (χ4v) is 2.53. The molecule has 4 nitrogen and oxygen atoms in total. The summed E-state index contributed by atoms with van der Waals surface area (Å²) in [5, 5.41) is 3.33. The standard InChI is InChI=1S/C11H15N3O/c12-9-8-2-1-5-14-10(8)15-11(9)3-6-13-7-4-11/h1-2,5,9,13H,3-4,6-7,12H2/t9-/m1/s1. The highest BCUT2D eigenvalue weighted by atomic mass is 16.5. The van der Waals surface area contributed by atoms with E-state index in [1.165, 1.54) is 0 Å². The number of aromatic nitrogens is 1. The first-order chi connectivity index (χ1) is 7.32. The zero-order valence-electron chi connectivity index (χ0n) is 8.57. The van der Waals surface area contributed by atoms with Crippen molar-refractivity contribution in [2.45, 2.75) is 24.5 Å². The molecule has 0 amide bonds. The van der Waals surface area contributed by atoms with Gasteiger partial charge in [0.05, 0.1) is 6.04 Å². The Kier molecular flexibility index (Phi) is 1.94. The molecule has 0 aliphatic carbocycles. The SMILES string of the molecule is N[C@@H]1c2cccnc2OC12CCNCC2. The van der Waals surface area contributed by atoms with Crippen molar-refractivity contribution in [2.24, 2.45) is 5.73 Å². The van der Waals surface area contributed by atoms with Crippen LogP contribution in [-0.2, 0) is 0 Å². The van der Waals surface area contributed by atoms with Gasteiger partial charge in [0, 0.05) is 24.6 Å².